The molecular formula is C16H18N8O. The summed E-state index contributed by atoms with van der Waals surface area (Å²) in [7, 11) is 0. The van der Waals surface area contributed by atoms with Gasteiger partial charge in [-0.05, 0) is 39.0 Å². The number of furan rings is 1. The minimum absolute atomic E-state index is 0.0896. The molecule has 0 radical (unpaired) electrons. The van der Waals surface area contributed by atoms with Crippen LogP contribution >= 0.6 is 0 Å². The third kappa shape index (κ3) is 2.73. The van der Waals surface area contributed by atoms with Crippen molar-refractivity contribution in [3.8, 4) is 22.9 Å². The summed E-state index contributed by atoms with van der Waals surface area (Å²) in [5.74, 6) is 2.19. The molecule has 0 aromatic carbocycles. The first-order valence-corrected chi connectivity index (χ1v) is 8.04. The van der Waals surface area contributed by atoms with E-state index in [4.69, 9.17) is 4.42 Å². The Bertz CT molecular complexity index is 962. The predicted octanol–water partition coefficient (Wildman–Crippen LogP) is 2.71. The van der Waals surface area contributed by atoms with E-state index in [2.05, 4.69) is 44.6 Å². The van der Waals surface area contributed by atoms with Crippen LogP contribution in [0.2, 0.25) is 0 Å². The van der Waals surface area contributed by atoms with E-state index < -0.39 is 0 Å². The van der Waals surface area contributed by atoms with Gasteiger partial charge in [0.05, 0.1) is 6.20 Å². The van der Waals surface area contributed by atoms with Crippen LogP contribution in [0.15, 0.2) is 41.3 Å². The number of nitrogens with zero attached hydrogens (tertiary/aromatic N) is 7. The highest BCUT2D eigenvalue weighted by atomic mass is 16.3. The van der Waals surface area contributed by atoms with Crippen molar-refractivity contribution in [3.63, 3.8) is 0 Å². The fourth-order valence-electron chi connectivity index (χ4n) is 2.66. The summed E-state index contributed by atoms with van der Waals surface area (Å²) in [6.07, 6.45) is 5.26. The maximum atomic E-state index is 5.84. The number of aromatic nitrogens is 8. The lowest BCUT2D eigenvalue weighted by Gasteiger charge is -2.15. The highest BCUT2D eigenvalue weighted by molar-refractivity contribution is 5.59. The van der Waals surface area contributed by atoms with E-state index in [1.54, 1.807) is 17.2 Å². The summed E-state index contributed by atoms with van der Waals surface area (Å²) in [4.78, 5) is 0. The second-order valence-electron chi connectivity index (χ2n) is 6.08. The van der Waals surface area contributed by atoms with E-state index in [-0.39, 0.29) is 12.1 Å². The van der Waals surface area contributed by atoms with Gasteiger partial charge in [-0.1, -0.05) is 5.21 Å². The molecule has 0 aliphatic rings. The summed E-state index contributed by atoms with van der Waals surface area (Å²) in [5, 5.41) is 23.5. The molecule has 0 aliphatic carbocycles. The second kappa shape index (κ2) is 6.00. The molecule has 4 aromatic heterocycles. The summed E-state index contributed by atoms with van der Waals surface area (Å²) < 4.78 is 9.62. The molecule has 128 valence electrons. The van der Waals surface area contributed by atoms with Gasteiger partial charge in [0.2, 0.25) is 0 Å². The quantitative estimate of drug-likeness (QED) is 0.600. The van der Waals surface area contributed by atoms with Gasteiger partial charge in [-0.15, -0.1) is 15.3 Å². The average molecular weight is 338 g/mol. The fraction of sp³-hybridized carbons (Fsp3) is 0.312. The molecule has 9 nitrogen and oxygen atoms in total. The Morgan fingerprint density at radius 1 is 1.08 bits per heavy atom. The molecule has 0 spiro atoms. The minimum atomic E-state index is -0.0896. The highest BCUT2D eigenvalue weighted by Gasteiger charge is 2.19. The summed E-state index contributed by atoms with van der Waals surface area (Å²) in [5.41, 5.74) is 1.48. The molecule has 25 heavy (non-hydrogen) atoms. The second-order valence-corrected chi connectivity index (χ2v) is 6.08. The molecule has 0 aliphatic heterocycles. The third-order valence-electron chi connectivity index (χ3n) is 4.06. The number of aromatic amines is 1. The van der Waals surface area contributed by atoms with E-state index >= 15 is 0 Å². The molecular weight excluding hydrogens is 320 g/mol. The zero-order valence-electron chi connectivity index (χ0n) is 14.2. The predicted molar refractivity (Wildman–Crippen MR) is 89.5 cm³/mol. The molecule has 1 N–H and O–H groups in total. The number of nitrogens with one attached hydrogen (secondary N) is 1. The normalized spacial score (nSPS) is 12.8. The molecule has 4 heterocycles. The van der Waals surface area contributed by atoms with Crippen molar-refractivity contribution in [3.05, 3.63) is 42.7 Å². The summed E-state index contributed by atoms with van der Waals surface area (Å²) in [6.45, 7) is 6.19. The van der Waals surface area contributed by atoms with Crippen LogP contribution in [0.25, 0.3) is 22.9 Å². The van der Waals surface area contributed by atoms with Gasteiger partial charge in [-0.2, -0.15) is 5.10 Å². The molecule has 4 aromatic rings. The van der Waals surface area contributed by atoms with Gasteiger partial charge in [-0.25, -0.2) is 4.68 Å². The topological polar surface area (TPSA) is 103 Å². The van der Waals surface area contributed by atoms with E-state index in [1.807, 2.05) is 35.9 Å². The van der Waals surface area contributed by atoms with Gasteiger partial charge < -0.3 is 8.98 Å². The monoisotopic (exact) mass is 338 g/mol. The van der Waals surface area contributed by atoms with Crippen LogP contribution in [0.5, 0.6) is 0 Å². The number of hydrogen-bond donors (Lipinski definition) is 1. The Morgan fingerprint density at radius 3 is 2.68 bits per heavy atom. The van der Waals surface area contributed by atoms with Crippen LogP contribution in [0, 0.1) is 0 Å². The van der Waals surface area contributed by atoms with Gasteiger partial charge in [0, 0.05) is 12.2 Å². The zero-order valence-corrected chi connectivity index (χ0v) is 14.2. The zero-order chi connectivity index (χ0) is 17.4. The molecule has 0 fully saturated rings. The molecule has 0 saturated heterocycles. The fourth-order valence-corrected chi connectivity index (χ4v) is 2.66. The molecule has 0 unspecified atom stereocenters. The van der Waals surface area contributed by atoms with Crippen molar-refractivity contribution >= 4 is 0 Å². The Balaban J connectivity index is 1.61. The number of rotatable bonds is 5. The van der Waals surface area contributed by atoms with Crippen molar-refractivity contribution in [2.75, 3.05) is 0 Å². The lowest BCUT2D eigenvalue weighted by molar-refractivity contribution is 0.468. The molecule has 9 heteroatoms. The Labute approximate surface area is 143 Å². The first-order valence-electron chi connectivity index (χ1n) is 8.04. The first-order chi connectivity index (χ1) is 12.1. The van der Waals surface area contributed by atoms with Crippen LogP contribution in [0.1, 0.15) is 38.7 Å². The van der Waals surface area contributed by atoms with Gasteiger partial charge in [0.15, 0.2) is 17.3 Å². The van der Waals surface area contributed by atoms with Crippen molar-refractivity contribution in [1.29, 1.82) is 0 Å². The maximum absolute atomic E-state index is 5.84. The van der Waals surface area contributed by atoms with Crippen molar-refractivity contribution in [2.24, 2.45) is 0 Å². The SMILES string of the molecule is CC(C)n1cnnc1[C@H](C)n1cc(-c2ccc(-c3ccn[nH]3)o2)nn1. The van der Waals surface area contributed by atoms with Crippen LogP contribution in [0.4, 0.5) is 0 Å². The van der Waals surface area contributed by atoms with Gasteiger partial charge in [-0.3, -0.25) is 5.10 Å². The van der Waals surface area contributed by atoms with E-state index in [0.717, 1.165) is 11.5 Å². The maximum Gasteiger partial charge on any atom is 0.157 e. The largest absolute Gasteiger partial charge is 0.453 e. The van der Waals surface area contributed by atoms with Crippen LogP contribution in [0.3, 0.4) is 0 Å². The Morgan fingerprint density at radius 2 is 1.92 bits per heavy atom. The molecule has 0 bridgehead atoms. The summed E-state index contributed by atoms with van der Waals surface area (Å²) in [6, 6.07) is 5.78. The minimum Gasteiger partial charge on any atom is -0.453 e. The van der Waals surface area contributed by atoms with E-state index in [1.165, 1.54) is 0 Å². The highest BCUT2D eigenvalue weighted by Crippen LogP contribution is 2.27. The van der Waals surface area contributed by atoms with E-state index in [0.29, 0.717) is 17.2 Å². The van der Waals surface area contributed by atoms with E-state index in [9.17, 15) is 0 Å². The molecule has 4 rings (SSSR count). The Kier molecular flexibility index (Phi) is 3.68. The molecule has 1 atom stereocenters. The van der Waals surface area contributed by atoms with Gasteiger partial charge in [0.25, 0.3) is 0 Å². The average Bonchev–Trinajstić information content (AvgIpc) is 3.41. The number of H-pyrrole nitrogens is 1. The van der Waals surface area contributed by atoms with Crippen LogP contribution in [-0.2, 0) is 0 Å². The number of hydrogen-bond acceptors (Lipinski definition) is 6. The standard InChI is InChI=1S/C16H18N8O/c1-10(2)23-9-18-21-16(23)11(3)24-8-13(20-22-24)15-5-4-14(25-15)12-6-7-17-19-12/h4-11H,1-3H3,(H,17,19)/t11-/m0/s1. The van der Waals surface area contributed by atoms with Crippen molar-refractivity contribution in [2.45, 2.75) is 32.9 Å². The Hall–Kier alpha value is -3.23. The first kappa shape index (κ1) is 15.3. The van der Waals surface area contributed by atoms with Gasteiger partial charge in [0.1, 0.15) is 23.8 Å². The van der Waals surface area contributed by atoms with Crippen LogP contribution < -0.4 is 0 Å². The lowest BCUT2D eigenvalue weighted by Crippen LogP contribution is -2.15. The van der Waals surface area contributed by atoms with Gasteiger partial charge >= 0.3 is 0 Å². The molecule has 0 amide bonds. The molecule has 0 saturated carbocycles. The van der Waals surface area contributed by atoms with Crippen molar-refractivity contribution < 1.29 is 4.42 Å². The van der Waals surface area contributed by atoms with Crippen LogP contribution in [-0.4, -0.2) is 40.0 Å². The summed E-state index contributed by atoms with van der Waals surface area (Å²) >= 11 is 0. The van der Waals surface area contributed by atoms with Crippen molar-refractivity contribution in [1.82, 2.24) is 40.0 Å². The third-order valence-corrected chi connectivity index (χ3v) is 4.06. The smallest absolute Gasteiger partial charge is 0.157 e. The lowest BCUT2D eigenvalue weighted by atomic mass is 10.3.